The molecule has 0 heterocycles. The molecule has 1 aliphatic carbocycles. The van der Waals surface area contributed by atoms with E-state index in [1.807, 2.05) is 60.7 Å². The molecular weight excluding hydrogens is 302 g/mol. The zero-order valence-corrected chi connectivity index (χ0v) is 13.5. The average molecular weight is 323 g/mol. The maximum absolute atomic E-state index is 13.1. The molecule has 4 heteroatoms. The lowest BCUT2D eigenvalue weighted by Crippen LogP contribution is -2.35. The second-order valence-corrected chi connectivity index (χ2v) is 6.29. The van der Waals surface area contributed by atoms with E-state index in [1.54, 1.807) is 4.90 Å². The van der Waals surface area contributed by atoms with Crippen molar-refractivity contribution in [3.8, 4) is 0 Å². The number of aliphatic carboxylic acids is 1. The van der Waals surface area contributed by atoms with Crippen molar-refractivity contribution in [3.63, 3.8) is 0 Å². The number of anilines is 1. The largest absolute Gasteiger partial charge is 0.481 e. The Morgan fingerprint density at radius 3 is 2.08 bits per heavy atom. The minimum absolute atomic E-state index is 0.0220. The average Bonchev–Trinajstić information content (AvgIpc) is 3.11. The first kappa shape index (κ1) is 16.2. The fraction of sp³-hybridized carbons (Fsp3) is 0.300. The number of hydrogen-bond acceptors (Lipinski definition) is 2. The van der Waals surface area contributed by atoms with Gasteiger partial charge in [-0.2, -0.15) is 0 Å². The van der Waals surface area contributed by atoms with Crippen molar-refractivity contribution < 1.29 is 14.7 Å². The number of carboxylic acid groups (broad SMARTS) is 1. The second-order valence-electron chi connectivity index (χ2n) is 6.29. The van der Waals surface area contributed by atoms with Gasteiger partial charge >= 0.3 is 5.97 Å². The van der Waals surface area contributed by atoms with Crippen molar-refractivity contribution in [1.29, 1.82) is 0 Å². The Kier molecular flexibility index (Phi) is 4.94. The van der Waals surface area contributed by atoms with Crippen LogP contribution in [0, 0.1) is 11.8 Å². The standard InChI is InChI=1S/C20H21NO3/c22-19(16-11-12-17(13-16)20(23)24)21(18-9-5-2-6-10-18)14-15-7-3-1-4-8-15/h1-10,16-17H,11-14H2,(H,23,24)/t16-,17+/m0/s1. The maximum atomic E-state index is 13.1. The molecule has 1 amide bonds. The molecule has 0 aromatic heterocycles. The van der Waals surface area contributed by atoms with E-state index in [0.717, 1.165) is 11.3 Å². The molecule has 2 aromatic carbocycles. The van der Waals surface area contributed by atoms with Gasteiger partial charge in [0.05, 0.1) is 12.5 Å². The van der Waals surface area contributed by atoms with Gasteiger partial charge in [0.2, 0.25) is 5.91 Å². The highest BCUT2D eigenvalue weighted by atomic mass is 16.4. The summed E-state index contributed by atoms with van der Waals surface area (Å²) in [6.07, 6.45) is 1.67. The molecular formula is C20H21NO3. The molecule has 0 radical (unpaired) electrons. The number of carbonyl (C=O) groups is 2. The van der Waals surface area contributed by atoms with Crippen molar-refractivity contribution in [2.75, 3.05) is 4.90 Å². The van der Waals surface area contributed by atoms with Crippen LogP contribution in [0.1, 0.15) is 24.8 Å². The molecule has 1 fully saturated rings. The predicted octanol–water partition coefficient (Wildman–Crippen LogP) is 3.72. The third-order valence-corrected chi connectivity index (χ3v) is 4.65. The fourth-order valence-electron chi connectivity index (χ4n) is 3.32. The summed E-state index contributed by atoms with van der Waals surface area (Å²) >= 11 is 0. The van der Waals surface area contributed by atoms with E-state index in [4.69, 9.17) is 0 Å². The Bertz CT molecular complexity index is 699. The molecule has 1 aliphatic rings. The fourth-order valence-corrected chi connectivity index (χ4v) is 3.32. The molecule has 0 saturated heterocycles. The topological polar surface area (TPSA) is 57.6 Å². The van der Waals surface area contributed by atoms with Crippen LogP contribution in [0.4, 0.5) is 5.69 Å². The molecule has 0 bridgehead atoms. The number of nitrogens with zero attached hydrogens (tertiary/aromatic N) is 1. The number of benzene rings is 2. The third-order valence-electron chi connectivity index (χ3n) is 4.65. The molecule has 4 nitrogen and oxygen atoms in total. The molecule has 3 rings (SSSR count). The highest BCUT2D eigenvalue weighted by molar-refractivity contribution is 5.95. The van der Waals surface area contributed by atoms with E-state index < -0.39 is 11.9 Å². The second kappa shape index (κ2) is 7.30. The number of amides is 1. The lowest BCUT2D eigenvalue weighted by atomic mass is 10.0. The van der Waals surface area contributed by atoms with Gasteiger partial charge in [-0.25, -0.2) is 0 Å². The third kappa shape index (κ3) is 3.65. The minimum Gasteiger partial charge on any atom is -0.481 e. The van der Waals surface area contributed by atoms with Crippen LogP contribution in [0.2, 0.25) is 0 Å². The van der Waals surface area contributed by atoms with E-state index >= 15 is 0 Å². The van der Waals surface area contributed by atoms with Crippen LogP contribution in [0.15, 0.2) is 60.7 Å². The Hall–Kier alpha value is -2.62. The molecule has 0 spiro atoms. The number of para-hydroxylation sites is 1. The summed E-state index contributed by atoms with van der Waals surface area (Å²) in [5.74, 6) is -1.38. The molecule has 2 atom stereocenters. The molecule has 2 aromatic rings. The van der Waals surface area contributed by atoms with Crippen LogP contribution >= 0.6 is 0 Å². The van der Waals surface area contributed by atoms with Crippen LogP contribution < -0.4 is 4.90 Å². The molecule has 0 unspecified atom stereocenters. The summed E-state index contributed by atoms with van der Waals surface area (Å²) in [4.78, 5) is 26.0. The molecule has 1 N–H and O–H groups in total. The normalized spacial score (nSPS) is 19.8. The summed E-state index contributed by atoms with van der Waals surface area (Å²) in [5, 5.41) is 9.18. The smallest absolute Gasteiger partial charge is 0.306 e. The SMILES string of the molecule is O=C(O)[C@@H]1CC[C@H](C(=O)N(Cc2ccccc2)c2ccccc2)C1. The van der Waals surface area contributed by atoms with Gasteiger partial charge in [-0.15, -0.1) is 0 Å². The molecule has 124 valence electrons. The lowest BCUT2D eigenvalue weighted by Gasteiger charge is -2.26. The van der Waals surface area contributed by atoms with E-state index in [0.29, 0.717) is 25.8 Å². The highest BCUT2D eigenvalue weighted by Gasteiger charge is 2.36. The lowest BCUT2D eigenvalue weighted by molar-refractivity contribution is -0.141. The zero-order chi connectivity index (χ0) is 16.9. The Morgan fingerprint density at radius 2 is 1.50 bits per heavy atom. The Labute approximate surface area is 141 Å². The van der Waals surface area contributed by atoms with Gasteiger partial charge in [-0.3, -0.25) is 9.59 Å². The van der Waals surface area contributed by atoms with Gasteiger partial charge in [0.25, 0.3) is 0 Å². The van der Waals surface area contributed by atoms with E-state index in [-0.39, 0.29) is 11.8 Å². The van der Waals surface area contributed by atoms with Gasteiger partial charge in [-0.05, 0) is 37.0 Å². The van der Waals surface area contributed by atoms with Crippen molar-refractivity contribution >= 4 is 17.6 Å². The van der Waals surface area contributed by atoms with Crippen LogP contribution in [-0.2, 0) is 16.1 Å². The zero-order valence-electron chi connectivity index (χ0n) is 13.5. The number of carbonyl (C=O) groups excluding carboxylic acids is 1. The van der Waals surface area contributed by atoms with Crippen LogP contribution in [0.25, 0.3) is 0 Å². The highest BCUT2D eigenvalue weighted by Crippen LogP contribution is 2.34. The van der Waals surface area contributed by atoms with Gasteiger partial charge < -0.3 is 10.0 Å². The van der Waals surface area contributed by atoms with Gasteiger partial charge in [-0.1, -0.05) is 48.5 Å². The van der Waals surface area contributed by atoms with Gasteiger partial charge in [0.15, 0.2) is 0 Å². The van der Waals surface area contributed by atoms with Crippen LogP contribution in [-0.4, -0.2) is 17.0 Å². The monoisotopic (exact) mass is 323 g/mol. The van der Waals surface area contributed by atoms with Crippen LogP contribution in [0.3, 0.4) is 0 Å². The summed E-state index contributed by atoms with van der Waals surface area (Å²) in [6.45, 7) is 0.498. The van der Waals surface area contributed by atoms with Crippen LogP contribution in [0.5, 0.6) is 0 Å². The van der Waals surface area contributed by atoms with Crippen molar-refractivity contribution in [2.24, 2.45) is 11.8 Å². The Balaban J connectivity index is 1.82. The van der Waals surface area contributed by atoms with Gasteiger partial charge in [0.1, 0.15) is 0 Å². The number of carboxylic acids is 1. The summed E-state index contributed by atoms with van der Waals surface area (Å²) < 4.78 is 0. The Morgan fingerprint density at radius 1 is 0.917 bits per heavy atom. The maximum Gasteiger partial charge on any atom is 0.306 e. The summed E-state index contributed by atoms with van der Waals surface area (Å²) in [5.41, 5.74) is 1.91. The number of rotatable bonds is 5. The molecule has 1 saturated carbocycles. The van der Waals surface area contributed by atoms with E-state index in [9.17, 15) is 14.7 Å². The summed E-state index contributed by atoms with van der Waals surface area (Å²) in [7, 11) is 0. The first-order valence-corrected chi connectivity index (χ1v) is 8.28. The van der Waals surface area contributed by atoms with E-state index in [2.05, 4.69) is 0 Å². The predicted molar refractivity (Wildman–Crippen MR) is 92.5 cm³/mol. The quantitative estimate of drug-likeness (QED) is 0.912. The van der Waals surface area contributed by atoms with Crippen molar-refractivity contribution in [2.45, 2.75) is 25.8 Å². The van der Waals surface area contributed by atoms with E-state index in [1.165, 1.54) is 0 Å². The first-order valence-electron chi connectivity index (χ1n) is 8.28. The van der Waals surface area contributed by atoms with Gasteiger partial charge in [0, 0.05) is 11.6 Å². The van der Waals surface area contributed by atoms with Crippen molar-refractivity contribution in [1.82, 2.24) is 0 Å². The first-order chi connectivity index (χ1) is 11.6. The molecule has 24 heavy (non-hydrogen) atoms. The number of hydrogen-bond donors (Lipinski definition) is 1. The molecule has 0 aliphatic heterocycles. The van der Waals surface area contributed by atoms with Crippen molar-refractivity contribution in [3.05, 3.63) is 66.2 Å². The minimum atomic E-state index is -0.792. The summed E-state index contributed by atoms with van der Waals surface area (Å²) in [6, 6.07) is 19.4.